The Morgan fingerprint density at radius 2 is 2.14 bits per heavy atom. The monoisotopic (exact) mass is 502 g/mol. The first-order valence-electron chi connectivity index (χ1n) is 9.94. The Labute approximate surface area is 185 Å². The van der Waals surface area contributed by atoms with Crippen LogP contribution in [0.2, 0.25) is 0 Å². The molecule has 0 unspecified atom stereocenters. The zero-order valence-electron chi connectivity index (χ0n) is 17.4. The number of hydrogen-bond donors (Lipinski definition) is 0. The van der Waals surface area contributed by atoms with Crippen LogP contribution in [0.3, 0.4) is 0 Å². The fourth-order valence-electron chi connectivity index (χ4n) is 3.63. The van der Waals surface area contributed by atoms with E-state index in [0.717, 1.165) is 44.0 Å². The van der Waals surface area contributed by atoms with Crippen molar-refractivity contribution in [2.75, 3.05) is 11.6 Å². The Bertz CT molecular complexity index is 1040. The summed E-state index contributed by atoms with van der Waals surface area (Å²) in [6, 6.07) is 6.21. The van der Waals surface area contributed by atoms with Gasteiger partial charge in [-0.3, -0.25) is 9.67 Å². The number of aliphatic imine (C=N–C) groups is 1. The maximum atomic E-state index is 5.08. The largest absolute Gasteiger partial charge is 0.345 e. The number of anilines is 1. The van der Waals surface area contributed by atoms with Gasteiger partial charge in [0.1, 0.15) is 11.4 Å². The first-order chi connectivity index (χ1) is 13.8. The predicted octanol–water partition coefficient (Wildman–Crippen LogP) is 5.08. The zero-order valence-corrected chi connectivity index (χ0v) is 19.6. The number of halogens is 1. The third kappa shape index (κ3) is 4.10. The highest BCUT2D eigenvalue weighted by Crippen LogP contribution is 2.36. The molecule has 0 saturated heterocycles. The molecule has 152 valence electrons. The van der Waals surface area contributed by atoms with Crippen LogP contribution in [-0.2, 0) is 7.05 Å². The number of allylic oxidation sites excluding steroid dienone is 1. The average Bonchev–Trinajstić information content (AvgIpc) is 3.32. The minimum atomic E-state index is -0.543. The predicted molar refractivity (Wildman–Crippen MR) is 130 cm³/mol. The molecule has 7 heteroatoms. The van der Waals surface area contributed by atoms with E-state index in [9.17, 15) is 0 Å². The van der Waals surface area contributed by atoms with E-state index in [0.29, 0.717) is 0 Å². The minimum Gasteiger partial charge on any atom is -0.345 e. The number of hydrazone groups is 1. The van der Waals surface area contributed by atoms with Gasteiger partial charge in [-0.2, -0.15) is 10.2 Å². The van der Waals surface area contributed by atoms with Gasteiger partial charge in [-0.15, -0.1) is 0 Å². The van der Waals surface area contributed by atoms with Gasteiger partial charge < -0.3 is 4.90 Å². The lowest BCUT2D eigenvalue weighted by Crippen LogP contribution is -2.39. The Kier molecular flexibility index (Phi) is 5.27. The van der Waals surface area contributed by atoms with Crippen LogP contribution in [0.15, 0.2) is 56.5 Å². The molecule has 2 heterocycles. The standard InChI is InChI=1S/C22H27IN6/c1-6-24-22(3,4)29(18-9-10-20-17(11-18)13-27(5)25-20)26-21-15(2)28(14-19(21)23)12-16-7-8-16/h6,9-11,13-14,16H,2,7-8,12H2,1,3-5H3/b24-6?,26-21+. The van der Waals surface area contributed by atoms with E-state index >= 15 is 0 Å². The fourth-order valence-corrected chi connectivity index (χ4v) is 4.39. The average molecular weight is 502 g/mol. The molecule has 0 N–H and O–H groups in total. The van der Waals surface area contributed by atoms with Crippen molar-refractivity contribution in [1.82, 2.24) is 14.7 Å². The lowest BCUT2D eigenvalue weighted by Gasteiger charge is -2.33. The number of benzene rings is 1. The zero-order chi connectivity index (χ0) is 20.8. The normalized spacial score (nSPS) is 19.1. The maximum absolute atomic E-state index is 5.08. The van der Waals surface area contributed by atoms with Gasteiger partial charge in [0.2, 0.25) is 0 Å². The molecule has 1 aromatic heterocycles. The van der Waals surface area contributed by atoms with E-state index in [-0.39, 0.29) is 0 Å². The van der Waals surface area contributed by atoms with E-state index in [4.69, 9.17) is 10.1 Å². The smallest absolute Gasteiger partial charge is 0.146 e. The van der Waals surface area contributed by atoms with Crippen LogP contribution in [0, 0.1) is 5.92 Å². The number of rotatable bonds is 6. The second kappa shape index (κ2) is 7.59. The van der Waals surface area contributed by atoms with Gasteiger partial charge in [-0.05, 0) is 86.5 Å². The summed E-state index contributed by atoms with van der Waals surface area (Å²) in [6.07, 6.45) is 8.65. The third-order valence-electron chi connectivity index (χ3n) is 5.28. The topological polar surface area (TPSA) is 49.0 Å². The van der Waals surface area contributed by atoms with Crippen LogP contribution in [0.1, 0.15) is 33.6 Å². The number of fused-ring (bicyclic) bond motifs is 1. The van der Waals surface area contributed by atoms with Crippen molar-refractivity contribution in [1.29, 1.82) is 0 Å². The van der Waals surface area contributed by atoms with Gasteiger partial charge in [0.25, 0.3) is 0 Å². The molecule has 2 aromatic rings. The molecule has 1 fully saturated rings. The van der Waals surface area contributed by atoms with Gasteiger partial charge in [0, 0.05) is 31.4 Å². The van der Waals surface area contributed by atoms with Crippen molar-refractivity contribution in [3.63, 3.8) is 0 Å². The molecule has 0 atom stereocenters. The van der Waals surface area contributed by atoms with Gasteiger partial charge in [0.05, 0.1) is 20.5 Å². The summed E-state index contributed by atoms with van der Waals surface area (Å²) < 4.78 is 2.94. The maximum Gasteiger partial charge on any atom is 0.146 e. The quantitative estimate of drug-likeness (QED) is 0.315. The molecule has 29 heavy (non-hydrogen) atoms. The van der Waals surface area contributed by atoms with Crippen LogP contribution in [0.4, 0.5) is 5.69 Å². The molecule has 0 amide bonds. The highest BCUT2D eigenvalue weighted by molar-refractivity contribution is 14.1. The molecule has 1 aliphatic heterocycles. The van der Waals surface area contributed by atoms with Crippen molar-refractivity contribution in [2.24, 2.45) is 23.1 Å². The second-order valence-electron chi connectivity index (χ2n) is 8.21. The third-order valence-corrected chi connectivity index (χ3v) is 6.07. The van der Waals surface area contributed by atoms with E-state index in [1.165, 1.54) is 12.8 Å². The molecular weight excluding hydrogens is 475 g/mol. The Morgan fingerprint density at radius 3 is 2.83 bits per heavy atom. The summed E-state index contributed by atoms with van der Waals surface area (Å²) >= 11 is 2.36. The summed E-state index contributed by atoms with van der Waals surface area (Å²) in [7, 11) is 1.94. The van der Waals surface area contributed by atoms with Crippen molar-refractivity contribution in [2.45, 2.75) is 39.3 Å². The molecule has 2 aliphatic rings. The van der Waals surface area contributed by atoms with E-state index < -0.39 is 5.66 Å². The molecule has 1 aliphatic carbocycles. The molecule has 6 nitrogen and oxygen atoms in total. The lowest BCUT2D eigenvalue weighted by molar-refractivity contribution is 0.466. The van der Waals surface area contributed by atoms with Gasteiger partial charge in [-0.25, -0.2) is 5.01 Å². The van der Waals surface area contributed by atoms with Crippen LogP contribution >= 0.6 is 22.6 Å². The summed E-state index contributed by atoms with van der Waals surface area (Å²) in [4.78, 5) is 6.94. The molecule has 0 bridgehead atoms. The lowest BCUT2D eigenvalue weighted by atomic mass is 10.1. The summed E-state index contributed by atoms with van der Waals surface area (Å²) in [5.41, 5.74) is 3.28. The van der Waals surface area contributed by atoms with Gasteiger partial charge in [-0.1, -0.05) is 6.58 Å². The number of nitrogens with zero attached hydrogens (tertiary/aromatic N) is 6. The molecule has 1 aromatic carbocycles. The highest BCUT2D eigenvalue weighted by Gasteiger charge is 2.32. The Balaban J connectivity index is 1.75. The van der Waals surface area contributed by atoms with Gasteiger partial charge >= 0.3 is 0 Å². The Hall–Kier alpha value is -2.16. The summed E-state index contributed by atoms with van der Waals surface area (Å²) in [5.74, 6) is 0.789. The minimum absolute atomic E-state index is 0.543. The Morgan fingerprint density at radius 1 is 1.38 bits per heavy atom. The number of aryl methyl sites for hydroxylation is 1. The van der Waals surface area contributed by atoms with Crippen LogP contribution in [0.5, 0.6) is 0 Å². The van der Waals surface area contributed by atoms with E-state index in [2.05, 4.69) is 71.3 Å². The van der Waals surface area contributed by atoms with E-state index in [1.54, 1.807) is 0 Å². The van der Waals surface area contributed by atoms with E-state index in [1.807, 2.05) is 42.1 Å². The number of hydrogen-bond acceptors (Lipinski definition) is 5. The molecule has 0 radical (unpaired) electrons. The van der Waals surface area contributed by atoms with Crippen LogP contribution < -0.4 is 5.01 Å². The van der Waals surface area contributed by atoms with Gasteiger partial charge in [0.15, 0.2) is 0 Å². The fraction of sp³-hybridized carbons (Fsp3) is 0.409. The van der Waals surface area contributed by atoms with Crippen molar-refractivity contribution in [3.8, 4) is 0 Å². The highest BCUT2D eigenvalue weighted by atomic mass is 127. The van der Waals surface area contributed by atoms with Crippen molar-refractivity contribution >= 4 is 51.1 Å². The summed E-state index contributed by atoms with van der Waals surface area (Å²) in [6.45, 7) is 11.4. The first-order valence-corrected chi connectivity index (χ1v) is 11.0. The molecular formula is C22H27IN6. The first kappa shape index (κ1) is 20.1. The van der Waals surface area contributed by atoms with Crippen molar-refractivity contribution in [3.05, 3.63) is 46.5 Å². The second-order valence-corrected chi connectivity index (χ2v) is 9.37. The number of aromatic nitrogens is 2. The van der Waals surface area contributed by atoms with Crippen LogP contribution in [-0.4, -0.2) is 38.8 Å². The molecule has 4 rings (SSSR count). The van der Waals surface area contributed by atoms with Crippen LogP contribution in [0.25, 0.3) is 10.9 Å². The SMILES string of the molecule is C=C1/C(=N\N(c2ccc3nn(C)cc3c2)C(C)(C)N=CC)C(I)=CN1CC1CC1. The molecule has 1 saturated carbocycles. The summed E-state index contributed by atoms with van der Waals surface area (Å²) in [5, 5.41) is 12.6. The molecule has 0 spiro atoms. The van der Waals surface area contributed by atoms with Crippen molar-refractivity contribution < 1.29 is 0 Å².